The summed E-state index contributed by atoms with van der Waals surface area (Å²) >= 11 is 0. The van der Waals surface area contributed by atoms with Gasteiger partial charge in [0.25, 0.3) is 5.91 Å². The number of nitrogens with zero attached hydrogens (tertiary/aromatic N) is 4. The highest BCUT2D eigenvalue weighted by atomic mass is 16.6. The van der Waals surface area contributed by atoms with Gasteiger partial charge in [-0.3, -0.25) is 25.8 Å². The topological polar surface area (TPSA) is 135 Å². The number of hydrazine groups is 1. The fourth-order valence-electron chi connectivity index (χ4n) is 3.00. The summed E-state index contributed by atoms with van der Waals surface area (Å²) in [6, 6.07) is 16.3. The Balaban J connectivity index is 1.58. The number of aryl methyl sites for hydroxylation is 1. The number of benzene rings is 2. The number of pyridine rings is 1. The van der Waals surface area contributed by atoms with Crippen LogP contribution in [0.4, 0.5) is 23.1 Å². The van der Waals surface area contributed by atoms with E-state index in [1.54, 1.807) is 24.4 Å². The van der Waals surface area contributed by atoms with Crippen molar-refractivity contribution in [1.82, 2.24) is 20.4 Å². The molecule has 0 spiro atoms. The molecule has 0 aliphatic rings. The molecule has 0 radical (unpaired) electrons. The van der Waals surface area contributed by atoms with Gasteiger partial charge in [0.1, 0.15) is 12.1 Å². The molecule has 10 heteroatoms. The highest BCUT2D eigenvalue weighted by molar-refractivity contribution is 6.07. The summed E-state index contributed by atoms with van der Waals surface area (Å²) in [6.45, 7) is 1.88. The molecule has 4 aromatic rings. The summed E-state index contributed by atoms with van der Waals surface area (Å²) in [5, 5.41) is 16.2. The zero-order chi connectivity index (χ0) is 21.8. The van der Waals surface area contributed by atoms with Crippen molar-refractivity contribution in [2.75, 3.05) is 10.7 Å². The highest BCUT2D eigenvalue weighted by Crippen LogP contribution is 2.30. The second-order valence-electron chi connectivity index (χ2n) is 6.63. The normalized spacial score (nSPS) is 10.5. The number of hydrogen-bond donors (Lipinski definition) is 3. The Hall–Kier alpha value is -4.60. The lowest BCUT2D eigenvalue weighted by molar-refractivity contribution is -0.383. The number of aromatic nitrogens is 3. The monoisotopic (exact) mass is 415 g/mol. The maximum Gasteiger partial charge on any atom is 0.355 e. The first-order valence-electron chi connectivity index (χ1n) is 9.26. The summed E-state index contributed by atoms with van der Waals surface area (Å²) in [5.74, 6) is -0.293. The summed E-state index contributed by atoms with van der Waals surface area (Å²) in [5.41, 5.74) is 5.95. The standard InChI is InChI=1S/C21H17N7O3/c1-13-9-10-17(22-11-13)25-19-18(28(30)31)20(24-12-23-19)26-27-21(29)16-8-4-6-14-5-2-3-7-15(14)16/h2-12H,1H3,(H,27,29)(H2,22,23,24,25,26). The summed E-state index contributed by atoms with van der Waals surface area (Å²) in [6.07, 6.45) is 2.77. The summed E-state index contributed by atoms with van der Waals surface area (Å²) in [7, 11) is 0. The first-order valence-corrected chi connectivity index (χ1v) is 9.26. The number of rotatable bonds is 6. The molecule has 2 aromatic carbocycles. The fraction of sp³-hybridized carbons (Fsp3) is 0.0476. The lowest BCUT2D eigenvalue weighted by atomic mass is 10.0. The number of carbonyl (C=O) groups is 1. The largest absolute Gasteiger partial charge is 0.355 e. The predicted octanol–water partition coefficient (Wildman–Crippen LogP) is 3.74. The van der Waals surface area contributed by atoms with E-state index in [9.17, 15) is 14.9 Å². The van der Waals surface area contributed by atoms with E-state index in [1.165, 1.54) is 0 Å². The SMILES string of the molecule is Cc1ccc(Nc2ncnc(NNC(=O)c3cccc4ccccc34)c2[N+](=O)[O-])nc1. The Bertz CT molecular complexity index is 1270. The van der Waals surface area contributed by atoms with E-state index in [0.29, 0.717) is 11.4 Å². The smallest absolute Gasteiger partial charge is 0.319 e. The van der Waals surface area contributed by atoms with Crippen molar-refractivity contribution >= 4 is 39.8 Å². The maximum absolute atomic E-state index is 12.7. The van der Waals surface area contributed by atoms with Gasteiger partial charge in [-0.25, -0.2) is 15.0 Å². The number of nitrogens with one attached hydrogen (secondary N) is 3. The van der Waals surface area contributed by atoms with Crippen molar-refractivity contribution in [2.45, 2.75) is 6.92 Å². The van der Waals surface area contributed by atoms with Crippen LogP contribution in [0.1, 0.15) is 15.9 Å². The van der Waals surface area contributed by atoms with Crippen LogP contribution < -0.4 is 16.2 Å². The van der Waals surface area contributed by atoms with E-state index in [2.05, 4.69) is 31.1 Å². The van der Waals surface area contributed by atoms with Crippen molar-refractivity contribution in [3.8, 4) is 0 Å². The minimum absolute atomic E-state index is 0.0572. The number of fused-ring (bicyclic) bond motifs is 1. The number of anilines is 3. The molecular formula is C21H17N7O3. The van der Waals surface area contributed by atoms with Gasteiger partial charge in [0.2, 0.25) is 11.6 Å². The van der Waals surface area contributed by atoms with Gasteiger partial charge < -0.3 is 5.32 Å². The summed E-state index contributed by atoms with van der Waals surface area (Å²) < 4.78 is 0. The molecule has 0 atom stereocenters. The molecule has 4 rings (SSSR count). The Morgan fingerprint density at radius 2 is 1.74 bits per heavy atom. The van der Waals surface area contributed by atoms with Crippen LogP contribution in [0.25, 0.3) is 10.8 Å². The van der Waals surface area contributed by atoms with E-state index in [-0.39, 0.29) is 11.6 Å². The van der Waals surface area contributed by atoms with Crippen LogP contribution in [-0.4, -0.2) is 25.8 Å². The van der Waals surface area contributed by atoms with Gasteiger partial charge >= 0.3 is 5.69 Å². The second-order valence-corrected chi connectivity index (χ2v) is 6.63. The predicted molar refractivity (Wildman–Crippen MR) is 116 cm³/mol. The lowest BCUT2D eigenvalue weighted by Crippen LogP contribution is -2.30. The number of carbonyl (C=O) groups excluding carboxylic acids is 1. The molecule has 0 fully saturated rings. The molecule has 0 aliphatic heterocycles. The highest BCUT2D eigenvalue weighted by Gasteiger charge is 2.24. The van der Waals surface area contributed by atoms with Crippen LogP contribution >= 0.6 is 0 Å². The second kappa shape index (κ2) is 8.41. The Kier molecular flexibility index (Phi) is 5.35. The zero-order valence-electron chi connectivity index (χ0n) is 16.4. The lowest BCUT2D eigenvalue weighted by Gasteiger charge is -2.11. The van der Waals surface area contributed by atoms with E-state index in [0.717, 1.165) is 22.7 Å². The molecule has 0 saturated heterocycles. The number of hydrogen-bond acceptors (Lipinski definition) is 8. The molecule has 10 nitrogen and oxygen atoms in total. The van der Waals surface area contributed by atoms with Crippen LogP contribution in [0.3, 0.4) is 0 Å². The third-order valence-corrected chi connectivity index (χ3v) is 4.49. The van der Waals surface area contributed by atoms with Gasteiger partial charge in [-0.15, -0.1) is 0 Å². The molecule has 0 unspecified atom stereocenters. The van der Waals surface area contributed by atoms with Crippen molar-refractivity contribution in [2.24, 2.45) is 0 Å². The molecule has 0 aliphatic carbocycles. The van der Waals surface area contributed by atoms with Crippen LogP contribution in [0.2, 0.25) is 0 Å². The van der Waals surface area contributed by atoms with Gasteiger partial charge in [0, 0.05) is 11.8 Å². The molecular weight excluding hydrogens is 398 g/mol. The van der Waals surface area contributed by atoms with E-state index in [1.807, 2.05) is 43.3 Å². The van der Waals surface area contributed by atoms with E-state index < -0.39 is 16.5 Å². The third kappa shape index (κ3) is 4.22. The maximum atomic E-state index is 12.7. The van der Waals surface area contributed by atoms with Crippen LogP contribution in [0.5, 0.6) is 0 Å². The molecule has 0 saturated carbocycles. The third-order valence-electron chi connectivity index (χ3n) is 4.49. The Morgan fingerprint density at radius 1 is 0.968 bits per heavy atom. The average Bonchev–Trinajstić information content (AvgIpc) is 2.78. The van der Waals surface area contributed by atoms with Crippen molar-refractivity contribution in [3.63, 3.8) is 0 Å². The molecule has 2 heterocycles. The molecule has 0 bridgehead atoms. The minimum atomic E-state index is -0.636. The first kappa shape index (κ1) is 19.7. The first-order chi connectivity index (χ1) is 15.0. The van der Waals surface area contributed by atoms with Gasteiger partial charge in [-0.1, -0.05) is 42.5 Å². The van der Waals surface area contributed by atoms with Crippen LogP contribution in [0, 0.1) is 17.0 Å². The molecule has 31 heavy (non-hydrogen) atoms. The number of nitro groups is 1. The van der Waals surface area contributed by atoms with Gasteiger partial charge in [-0.05, 0) is 35.4 Å². The van der Waals surface area contributed by atoms with Gasteiger partial charge in [0.05, 0.1) is 4.92 Å². The van der Waals surface area contributed by atoms with E-state index in [4.69, 9.17) is 0 Å². The Labute approximate surface area is 176 Å². The van der Waals surface area contributed by atoms with Gasteiger partial charge in [-0.2, -0.15) is 0 Å². The van der Waals surface area contributed by atoms with Crippen molar-refractivity contribution < 1.29 is 9.72 Å². The molecule has 2 aromatic heterocycles. The molecule has 1 amide bonds. The van der Waals surface area contributed by atoms with E-state index >= 15 is 0 Å². The fourth-order valence-corrected chi connectivity index (χ4v) is 3.00. The molecule has 3 N–H and O–H groups in total. The quantitative estimate of drug-likeness (QED) is 0.320. The molecule has 154 valence electrons. The average molecular weight is 415 g/mol. The van der Waals surface area contributed by atoms with Crippen molar-refractivity contribution in [1.29, 1.82) is 0 Å². The van der Waals surface area contributed by atoms with Gasteiger partial charge in [0.15, 0.2) is 0 Å². The minimum Gasteiger partial charge on any atom is -0.319 e. The van der Waals surface area contributed by atoms with Crippen LogP contribution in [-0.2, 0) is 0 Å². The van der Waals surface area contributed by atoms with Crippen LogP contribution in [0.15, 0.2) is 67.1 Å². The zero-order valence-corrected chi connectivity index (χ0v) is 16.4. The number of amides is 1. The van der Waals surface area contributed by atoms with Crippen molar-refractivity contribution in [3.05, 3.63) is 88.4 Å². The summed E-state index contributed by atoms with van der Waals surface area (Å²) in [4.78, 5) is 35.8. The Morgan fingerprint density at radius 3 is 2.52 bits per heavy atom.